The van der Waals surface area contributed by atoms with Gasteiger partial charge in [-0.15, -0.1) is 0 Å². The summed E-state index contributed by atoms with van der Waals surface area (Å²) < 4.78 is 10.9. The van der Waals surface area contributed by atoms with Gasteiger partial charge in [0.05, 0.1) is 18.2 Å². The van der Waals surface area contributed by atoms with Crippen LogP contribution in [0.5, 0.6) is 11.5 Å². The van der Waals surface area contributed by atoms with Gasteiger partial charge < -0.3 is 20.5 Å². The monoisotopic (exact) mass is 306 g/mol. The van der Waals surface area contributed by atoms with Crippen molar-refractivity contribution in [2.45, 2.75) is 20.0 Å². The van der Waals surface area contributed by atoms with Gasteiger partial charge in [0.15, 0.2) is 0 Å². The summed E-state index contributed by atoms with van der Waals surface area (Å²) in [6.45, 7) is 3.95. The Morgan fingerprint density at radius 2 is 1.86 bits per heavy atom. The summed E-state index contributed by atoms with van der Waals surface area (Å²) in [5.41, 5.74) is 8.24. The predicted octanol–water partition coefficient (Wildman–Crippen LogP) is 4.46. The fourth-order valence-electron chi connectivity index (χ4n) is 1.94. The number of hydrogen-bond donors (Lipinski definition) is 2. The van der Waals surface area contributed by atoms with Gasteiger partial charge in [-0.25, -0.2) is 0 Å². The van der Waals surface area contributed by atoms with Gasteiger partial charge in [0.2, 0.25) is 0 Å². The first-order valence-corrected chi connectivity index (χ1v) is 7.03. The first kappa shape index (κ1) is 15.3. The number of hydrogen-bond acceptors (Lipinski definition) is 4. The topological polar surface area (TPSA) is 56.5 Å². The Labute approximate surface area is 129 Å². The van der Waals surface area contributed by atoms with Crippen LogP contribution in [0.15, 0.2) is 36.4 Å². The largest absolute Gasteiger partial charge is 0.495 e. The van der Waals surface area contributed by atoms with Gasteiger partial charge >= 0.3 is 0 Å². The highest BCUT2D eigenvalue weighted by Crippen LogP contribution is 2.31. The number of methoxy groups -OCH3 is 1. The zero-order chi connectivity index (χ0) is 15.4. The van der Waals surface area contributed by atoms with E-state index in [0.717, 1.165) is 17.1 Å². The molecule has 0 saturated heterocycles. The van der Waals surface area contributed by atoms with Gasteiger partial charge in [-0.1, -0.05) is 11.6 Å². The second-order valence-corrected chi connectivity index (χ2v) is 5.34. The SMILES string of the molecule is COc1cc(Nc2cc(N)cc(OC(C)C)c2)ccc1Cl. The third kappa shape index (κ3) is 4.20. The number of benzene rings is 2. The summed E-state index contributed by atoms with van der Waals surface area (Å²) in [5.74, 6) is 1.35. The maximum atomic E-state index is 6.01. The molecule has 0 spiro atoms. The molecule has 0 atom stereocenters. The molecule has 0 amide bonds. The molecule has 0 unspecified atom stereocenters. The van der Waals surface area contributed by atoms with Crippen LogP contribution in [0.4, 0.5) is 17.1 Å². The third-order valence-corrected chi connectivity index (χ3v) is 3.05. The van der Waals surface area contributed by atoms with E-state index in [9.17, 15) is 0 Å². The lowest BCUT2D eigenvalue weighted by Crippen LogP contribution is -2.06. The number of nitrogens with one attached hydrogen (secondary N) is 1. The quantitative estimate of drug-likeness (QED) is 0.801. The van der Waals surface area contributed by atoms with Crippen molar-refractivity contribution in [1.29, 1.82) is 0 Å². The van der Waals surface area contributed by atoms with Crippen molar-refractivity contribution in [3.8, 4) is 11.5 Å². The predicted molar refractivity (Wildman–Crippen MR) is 87.9 cm³/mol. The molecule has 4 nitrogen and oxygen atoms in total. The van der Waals surface area contributed by atoms with E-state index in [4.69, 9.17) is 26.8 Å². The van der Waals surface area contributed by atoms with Gasteiger partial charge in [-0.2, -0.15) is 0 Å². The second-order valence-electron chi connectivity index (χ2n) is 4.93. The van der Waals surface area contributed by atoms with Crippen LogP contribution in [0.2, 0.25) is 5.02 Å². The highest BCUT2D eigenvalue weighted by molar-refractivity contribution is 6.32. The normalized spacial score (nSPS) is 10.5. The maximum Gasteiger partial charge on any atom is 0.139 e. The molecule has 0 aliphatic heterocycles. The van der Waals surface area contributed by atoms with Gasteiger partial charge in [-0.3, -0.25) is 0 Å². The first-order valence-electron chi connectivity index (χ1n) is 6.65. The van der Waals surface area contributed by atoms with Crippen LogP contribution in [-0.2, 0) is 0 Å². The lowest BCUT2D eigenvalue weighted by atomic mass is 10.2. The Morgan fingerprint density at radius 1 is 1.10 bits per heavy atom. The lowest BCUT2D eigenvalue weighted by molar-refractivity contribution is 0.242. The summed E-state index contributed by atoms with van der Waals surface area (Å²) in [6.07, 6.45) is 0.0928. The van der Waals surface area contributed by atoms with E-state index in [0.29, 0.717) is 16.5 Å². The first-order chi connectivity index (χ1) is 9.97. The molecule has 0 radical (unpaired) electrons. The van der Waals surface area contributed by atoms with E-state index in [1.165, 1.54) is 0 Å². The van der Waals surface area contributed by atoms with E-state index >= 15 is 0 Å². The van der Waals surface area contributed by atoms with E-state index < -0.39 is 0 Å². The summed E-state index contributed by atoms with van der Waals surface area (Å²) in [5, 5.41) is 3.83. The van der Waals surface area contributed by atoms with Crippen molar-refractivity contribution in [2.75, 3.05) is 18.2 Å². The van der Waals surface area contributed by atoms with Gasteiger partial charge in [0.25, 0.3) is 0 Å². The smallest absolute Gasteiger partial charge is 0.139 e. The summed E-state index contributed by atoms with van der Waals surface area (Å²) >= 11 is 6.01. The van der Waals surface area contributed by atoms with Crippen LogP contribution < -0.4 is 20.5 Å². The number of rotatable bonds is 5. The van der Waals surface area contributed by atoms with Gasteiger partial charge in [0, 0.05) is 35.3 Å². The summed E-state index contributed by atoms with van der Waals surface area (Å²) in [6, 6.07) is 11.0. The molecule has 0 aromatic heterocycles. The molecule has 3 N–H and O–H groups in total. The van der Waals surface area contributed by atoms with Crippen molar-refractivity contribution in [1.82, 2.24) is 0 Å². The molecule has 2 rings (SSSR count). The van der Waals surface area contributed by atoms with Crippen LogP contribution in [0.25, 0.3) is 0 Å². The van der Waals surface area contributed by atoms with Crippen LogP contribution in [0.1, 0.15) is 13.8 Å². The number of halogens is 1. The third-order valence-electron chi connectivity index (χ3n) is 2.74. The fourth-order valence-corrected chi connectivity index (χ4v) is 2.13. The van der Waals surface area contributed by atoms with E-state index in [2.05, 4.69) is 5.32 Å². The zero-order valence-corrected chi connectivity index (χ0v) is 13.1. The minimum atomic E-state index is 0.0928. The Kier molecular flexibility index (Phi) is 4.81. The molecule has 0 aliphatic rings. The van der Waals surface area contributed by atoms with Gasteiger partial charge in [-0.05, 0) is 32.0 Å². The van der Waals surface area contributed by atoms with E-state index in [1.54, 1.807) is 19.2 Å². The highest BCUT2D eigenvalue weighted by Gasteiger charge is 2.05. The van der Waals surface area contributed by atoms with Crippen LogP contribution in [0, 0.1) is 0 Å². The molecular formula is C16H19ClN2O2. The minimum Gasteiger partial charge on any atom is -0.495 e. The fraction of sp³-hybridized carbons (Fsp3) is 0.250. The Morgan fingerprint density at radius 3 is 2.52 bits per heavy atom. The molecule has 2 aromatic rings. The molecule has 21 heavy (non-hydrogen) atoms. The number of nitrogens with two attached hydrogens (primary N) is 1. The Hall–Kier alpha value is -2.07. The number of ether oxygens (including phenoxy) is 2. The van der Waals surface area contributed by atoms with Crippen molar-refractivity contribution in [2.24, 2.45) is 0 Å². The zero-order valence-electron chi connectivity index (χ0n) is 12.3. The van der Waals surface area contributed by atoms with E-state index in [-0.39, 0.29) is 6.10 Å². The highest BCUT2D eigenvalue weighted by atomic mass is 35.5. The van der Waals surface area contributed by atoms with E-state index in [1.807, 2.05) is 38.1 Å². The van der Waals surface area contributed by atoms with Crippen LogP contribution in [0.3, 0.4) is 0 Å². The number of nitrogen functional groups attached to an aromatic ring is 1. The molecule has 0 bridgehead atoms. The molecule has 5 heteroatoms. The molecule has 112 valence electrons. The molecule has 0 fully saturated rings. The lowest BCUT2D eigenvalue weighted by Gasteiger charge is -2.14. The Balaban J connectivity index is 2.24. The molecule has 0 saturated carbocycles. The average molecular weight is 307 g/mol. The standard InChI is InChI=1S/C16H19ClN2O2/c1-10(2)21-14-7-11(18)6-13(8-14)19-12-4-5-15(17)16(9-12)20-3/h4-10,19H,18H2,1-3H3. The Bertz CT molecular complexity index is 630. The van der Waals surface area contributed by atoms with Crippen molar-refractivity contribution in [3.05, 3.63) is 41.4 Å². The molecular weight excluding hydrogens is 288 g/mol. The maximum absolute atomic E-state index is 6.01. The van der Waals surface area contributed by atoms with Crippen molar-refractivity contribution in [3.63, 3.8) is 0 Å². The summed E-state index contributed by atoms with van der Waals surface area (Å²) in [4.78, 5) is 0. The minimum absolute atomic E-state index is 0.0928. The average Bonchev–Trinajstić information content (AvgIpc) is 2.39. The number of anilines is 3. The van der Waals surface area contributed by atoms with Crippen LogP contribution >= 0.6 is 11.6 Å². The molecule has 0 aliphatic carbocycles. The molecule has 2 aromatic carbocycles. The molecule has 0 heterocycles. The van der Waals surface area contributed by atoms with Crippen LogP contribution in [-0.4, -0.2) is 13.2 Å². The van der Waals surface area contributed by atoms with Crippen molar-refractivity contribution >= 4 is 28.7 Å². The van der Waals surface area contributed by atoms with Crippen molar-refractivity contribution < 1.29 is 9.47 Å². The van der Waals surface area contributed by atoms with Gasteiger partial charge in [0.1, 0.15) is 11.5 Å². The second kappa shape index (κ2) is 6.59. The summed E-state index contributed by atoms with van der Waals surface area (Å²) in [7, 11) is 1.58.